The van der Waals surface area contributed by atoms with Crippen molar-refractivity contribution in [3.8, 4) is 6.07 Å². The van der Waals surface area contributed by atoms with E-state index in [0.29, 0.717) is 18.2 Å². The van der Waals surface area contributed by atoms with Crippen LogP contribution in [0.5, 0.6) is 0 Å². The van der Waals surface area contributed by atoms with Gasteiger partial charge in [0.05, 0.1) is 5.69 Å². The molecule has 2 aromatic rings. The lowest BCUT2D eigenvalue weighted by atomic mass is 10.1. The fourth-order valence-corrected chi connectivity index (χ4v) is 2.62. The van der Waals surface area contributed by atoms with Crippen LogP contribution in [0.4, 0.5) is 5.69 Å². The molecule has 21 heavy (non-hydrogen) atoms. The third kappa shape index (κ3) is 3.89. The summed E-state index contributed by atoms with van der Waals surface area (Å²) in [5.41, 5.74) is 9.70. The average Bonchev–Trinajstić information content (AvgIpc) is 2.74. The van der Waals surface area contributed by atoms with Crippen molar-refractivity contribution in [2.75, 3.05) is 5.73 Å². The van der Waals surface area contributed by atoms with Crippen LogP contribution in [-0.4, -0.2) is 4.57 Å². The number of aromatic nitrogens is 1. The Bertz CT molecular complexity index is 648. The first-order valence-electron chi connectivity index (χ1n) is 7.13. The van der Waals surface area contributed by atoms with Gasteiger partial charge in [0.15, 0.2) is 0 Å². The first-order valence-corrected chi connectivity index (χ1v) is 7.93. The molecule has 0 unspecified atom stereocenters. The minimum atomic E-state index is 0.617. The molecule has 2 rings (SSSR count). The maximum absolute atomic E-state index is 9.32. The number of nitrogen functional groups attached to an aromatic ring is 1. The molecule has 0 amide bonds. The van der Waals surface area contributed by atoms with Gasteiger partial charge in [-0.25, -0.2) is 0 Å². The van der Waals surface area contributed by atoms with Gasteiger partial charge in [-0.15, -0.1) is 0 Å². The molecule has 2 N–H and O–H groups in total. The van der Waals surface area contributed by atoms with Gasteiger partial charge >= 0.3 is 0 Å². The lowest BCUT2D eigenvalue weighted by Crippen LogP contribution is -2.09. The predicted octanol–water partition coefficient (Wildman–Crippen LogP) is 4.34. The van der Waals surface area contributed by atoms with E-state index in [0.717, 1.165) is 34.3 Å². The Balaban J connectivity index is 2.31. The van der Waals surface area contributed by atoms with Crippen LogP contribution in [0.25, 0.3) is 0 Å². The van der Waals surface area contributed by atoms with Crippen LogP contribution in [0.1, 0.15) is 37.2 Å². The van der Waals surface area contributed by atoms with Crippen molar-refractivity contribution < 1.29 is 0 Å². The highest BCUT2D eigenvalue weighted by molar-refractivity contribution is 9.10. The van der Waals surface area contributed by atoms with Gasteiger partial charge in [-0.2, -0.15) is 5.26 Å². The molecule has 0 aliphatic rings. The van der Waals surface area contributed by atoms with Crippen molar-refractivity contribution >= 4 is 21.6 Å². The Hall–Kier alpha value is -1.73. The molecule has 110 valence electrons. The minimum absolute atomic E-state index is 0.617. The molecular formula is C17H20BrN3. The molecule has 0 aliphatic carbocycles. The zero-order valence-corrected chi connectivity index (χ0v) is 14.0. The summed E-state index contributed by atoms with van der Waals surface area (Å²) in [6, 6.07) is 12.2. The van der Waals surface area contributed by atoms with E-state index < -0.39 is 0 Å². The van der Waals surface area contributed by atoms with Gasteiger partial charge in [0.1, 0.15) is 11.8 Å². The summed E-state index contributed by atoms with van der Waals surface area (Å²) in [6.07, 6.45) is 1.97. The summed E-state index contributed by atoms with van der Waals surface area (Å²) in [5, 5.41) is 9.32. The third-order valence-electron chi connectivity index (χ3n) is 3.57. The average molecular weight is 346 g/mol. The molecule has 0 spiro atoms. The second kappa shape index (κ2) is 6.82. The predicted molar refractivity (Wildman–Crippen MR) is 90.0 cm³/mol. The molecule has 0 fully saturated rings. The smallest absolute Gasteiger partial charge is 0.122 e. The Labute approximate surface area is 134 Å². The Morgan fingerprint density at radius 3 is 2.52 bits per heavy atom. The number of benzene rings is 1. The highest BCUT2D eigenvalue weighted by atomic mass is 79.9. The van der Waals surface area contributed by atoms with Crippen molar-refractivity contribution in [2.45, 2.75) is 33.2 Å². The number of nitrogens with two attached hydrogens (primary N) is 1. The standard InChI is InChI=1S/C17H20BrN3/c1-12(2)3-8-17-16(20)9-15(10-19)21(17)11-13-4-6-14(18)7-5-13/h4-7,9,12H,3,8,11,20H2,1-2H3. The Kier molecular flexibility index (Phi) is 5.08. The van der Waals surface area contributed by atoms with E-state index in [1.807, 2.05) is 16.7 Å². The molecular weight excluding hydrogens is 326 g/mol. The fraction of sp³-hybridized carbons (Fsp3) is 0.353. The Morgan fingerprint density at radius 2 is 1.95 bits per heavy atom. The van der Waals surface area contributed by atoms with E-state index >= 15 is 0 Å². The Morgan fingerprint density at radius 1 is 1.29 bits per heavy atom. The highest BCUT2D eigenvalue weighted by Crippen LogP contribution is 2.23. The lowest BCUT2D eigenvalue weighted by molar-refractivity contribution is 0.568. The number of hydrogen-bond acceptors (Lipinski definition) is 2. The molecule has 1 heterocycles. The van der Waals surface area contributed by atoms with Gasteiger partial charge in [-0.1, -0.05) is 41.9 Å². The summed E-state index contributed by atoms with van der Waals surface area (Å²) in [7, 11) is 0. The zero-order valence-electron chi connectivity index (χ0n) is 12.4. The van der Waals surface area contributed by atoms with Gasteiger partial charge in [0, 0.05) is 16.7 Å². The second-order valence-electron chi connectivity index (χ2n) is 5.69. The van der Waals surface area contributed by atoms with E-state index in [1.54, 1.807) is 6.07 Å². The van der Waals surface area contributed by atoms with Gasteiger partial charge in [-0.3, -0.25) is 0 Å². The highest BCUT2D eigenvalue weighted by Gasteiger charge is 2.13. The second-order valence-corrected chi connectivity index (χ2v) is 6.60. The van der Waals surface area contributed by atoms with Crippen LogP contribution in [0.15, 0.2) is 34.8 Å². The summed E-state index contributed by atoms with van der Waals surface area (Å²) in [4.78, 5) is 0. The van der Waals surface area contributed by atoms with Gasteiger partial charge in [0.2, 0.25) is 0 Å². The van der Waals surface area contributed by atoms with Crippen LogP contribution >= 0.6 is 15.9 Å². The normalized spacial score (nSPS) is 10.8. The maximum Gasteiger partial charge on any atom is 0.122 e. The lowest BCUT2D eigenvalue weighted by Gasteiger charge is -2.13. The van der Waals surface area contributed by atoms with Gasteiger partial charge in [-0.05, 0) is 42.5 Å². The zero-order chi connectivity index (χ0) is 15.4. The molecule has 4 heteroatoms. The monoisotopic (exact) mass is 345 g/mol. The molecule has 0 aliphatic heterocycles. The molecule has 1 aromatic carbocycles. The molecule has 0 atom stereocenters. The SMILES string of the molecule is CC(C)CCc1c(N)cc(C#N)n1Cc1ccc(Br)cc1. The molecule has 0 saturated carbocycles. The summed E-state index contributed by atoms with van der Waals surface area (Å²) in [5.74, 6) is 0.617. The van der Waals surface area contributed by atoms with Crippen molar-refractivity contribution in [3.05, 3.63) is 51.8 Å². The van der Waals surface area contributed by atoms with Crippen LogP contribution in [0.2, 0.25) is 0 Å². The molecule has 3 nitrogen and oxygen atoms in total. The molecule has 0 bridgehead atoms. The number of nitriles is 1. The van der Waals surface area contributed by atoms with Gasteiger partial charge in [0.25, 0.3) is 0 Å². The van der Waals surface area contributed by atoms with E-state index in [-0.39, 0.29) is 0 Å². The fourth-order valence-electron chi connectivity index (χ4n) is 2.36. The largest absolute Gasteiger partial charge is 0.397 e. The maximum atomic E-state index is 9.32. The van der Waals surface area contributed by atoms with E-state index in [4.69, 9.17) is 5.73 Å². The number of hydrogen-bond donors (Lipinski definition) is 1. The molecule has 0 radical (unpaired) electrons. The quantitative estimate of drug-likeness (QED) is 0.875. The van der Waals surface area contributed by atoms with Gasteiger partial charge < -0.3 is 10.3 Å². The number of rotatable bonds is 5. The minimum Gasteiger partial charge on any atom is -0.397 e. The van der Waals surface area contributed by atoms with Crippen molar-refractivity contribution in [1.82, 2.24) is 4.57 Å². The molecule has 1 aromatic heterocycles. The third-order valence-corrected chi connectivity index (χ3v) is 4.10. The van der Waals surface area contributed by atoms with E-state index in [9.17, 15) is 5.26 Å². The summed E-state index contributed by atoms with van der Waals surface area (Å²) >= 11 is 3.44. The number of anilines is 1. The van der Waals surface area contributed by atoms with Crippen LogP contribution in [0.3, 0.4) is 0 Å². The van der Waals surface area contributed by atoms with Crippen LogP contribution in [-0.2, 0) is 13.0 Å². The summed E-state index contributed by atoms with van der Waals surface area (Å²) < 4.78 is 3.10. The molecule has 0 saturated heterocycles. The van der Waals surface area contributed by atoms with E-state index in [2.05, 4.69) is 48.0 Å². The van der Waals surface area contributed by atoms with Crippen LogP contribution in [0, 0.1) is 17.2 Å². The first kappa shape index (κ1) is 15.7. The summed E-state index contributed by atoms with van der Waals surface area (Å²) in [6.45, 7) is 5.08. The van der Waals surface area contributed by atoms with Crippen molar-refractivity contribution in [2.24, 2.45) is 5.92 Å². The van der Waals surface area contributed by atoms with Crippen LogP contribution < -0.4 is 5.73 Å². The number of halogens is 1. The number of nitrogens with zero attached hydrogens (tertiary/aromatic N) is 2. The van der Waals surface area contributed by atoms with Crippen molar-refractivity contribution in [3.63, 3.8) is 0 Å². The van der Waals surface area contributed by atoms with E-state index in [1.165, 1.54) is 0 Å². The van der Waals surface area contributed by atoms with Crippen molar-refractivity contribution in [1.29, 1.82) is 5.26 Å². The first-order chi connectivity index (χ1) is 10.0. The topological polar surface area (TPSA) is 54.7 Å².